The van der Waals surface area contributed by atoms with Crippen LogP contribution in [0.25, 0.3) is 0 Å². The molecule has 1 aliphatic carbocycles. The zero-order valence-corrected chi connectivity index (χ0v) is 11.6. The van der Waals surface area contributed by atoms with E-state index < -0.39 is 5.97 Å². The monoisotopic (exact) mass is 272 g/mol. The molecule has 4 nitrogen and oxygen atoms in total. The number of anilines is 1. The second kappa shape index (κ2) is 6.42. The van der Waals surface area contributed by atoms with Gasteiger partial charge in [0, 0.05) is 37.0 Å². The normalized spacial score (nSPS) is 15.3. The molecule has 0 aromatic heterocycles. The highest BCUT2D eigenvalue weighted by atomic mass is 16.4. The van der Waals surface area contributed by atoms with Crippen LogP contribution in [0.5, 0.6) is 0 Å². The van der Waals surface area contributed by atoms with Crippen LogP contribution in [0.1, 0.15) is 32.1 Å². The molecule has 20 heavy (non-hydrogen) atoms. The lowest BCUT2D eigenvalue weighted by Crippen LogP contribution is -2.31. The summed E-state index contributed by atoms with van der Waals surface area (Å²) in [5.41, 5.74) is 1.25. The second-order valence-electron chi connectivity index (χ2n) is 5.59. The van der Waals surface area contributed by atoms with Crippen molar-refractivity contribution in [1.29, 1.82) is 5.26 Å². The Morgan fingerprint density at radius 3 is 2.60 bits per heavy atom. The molecule has 0 unspecified atom stereocenters. The highest BCUT2D eigenvalue weighted by Crippen LogP contribution is 2.49. The molecular weight excluding hydrogens is 252 g/mol. The van der Waals surface area contributed by atoms with Crippen LogP contribution in [-0.2, 0) is 4.79 Å². The maximum absolute atomic E-state index is 10.7. The number of nitriles is 1. The Morgan fingerprint density at radius 2 is 2.05 bits per heavy atom. The van der Waals surface area contributed by atoms with E-state index in [4.69, 9.17) is 10.4 Å². The minimum atomic E-state index is -0.754. The van der Waals surface area contributed by atoms with Gasteiger partial charge in [-0.05, 0) is 31.4 Å². The standard InChI is InChI=1S/C16H20N2O2/c17-11-10-16(8-9-16)13-18(12-4-7-15(19)20)14-5-2-1-3-6-14/h1-3,5-6H,4,7-10,12-13H2,(H,19,20). The number of hydrogen-bond donors (Lipinski definition) is 1. The molecule has 1 aromatic carbocycles. The first-order valence-electron chi connectivity index (χ1n) is 7.04. The first-order chi connectivity index (χ1) is 9.65. The first-order valence-corrected chi connectivity index (χ1v) is 7.04. The summed E-state index contributed by atoms with van der Waals surface area (Å²) < 4.78 is 0. The van der Waals surface area contributed by atoms with Crippen molar-refractivity contribution < 1.29 is 9.90 Å². The van der Waals surface area contributed by atoms with Gasteiger partial charge in [0.25, 0.3) is 0 Å². The summed E-state index contributed by atoms with van der Waals surface area (Å²) in [7, 11) is 0. The Labute approximate surface area is 119 Å². The third-order valence-corrected chi connectivity index (χ3v) is 3.88. The van der Waals surface area contributed by atoms with Gasteiger partial charge in [-0.3, -0.25) is 4.79 Å². The lowest BCUT2D eigenvalue weighted by molar-refractivity contribution is -0.137. The van der Waals surface area contributed by atoms with Gasteiger partial charge in [-0.15, -0.1) is 0 Å². The lowest BCUT2D eigenvalue weighted by atomic mass is 10.0. The average molecular weight is 272 g/mol. The molecule has 1 N–H and O–H groups in total. The van der Waals surface area contributed by atoms with Gasteiger partial charge in [-0.1, -0.05) is 18.2 Å². The van der Waals surface area contributed by atoms with Crippen molar-refractivity contribution in [2.45, 2.75) is 32.1 Å². The highest BCUT2D eigenvalue weighted by molar-refractivity contribution is 5.66. The van der Waals surface area contributed by atoms with Crippen LogP contribution in [0.15, 0.2) is 30.3 Å². The van der Waals surface area contributed by atoms with E-state index in [0.29, 0.717) is 12.8 Å². The number of hydrogen-bond acceptors (Lipinski definition) is 3. The number of rotatable bonds is 8. The van der Waals surface area contributed by atoms with Gasteiger partial charge in [-0.25, -0.2) is 0 Å². The predicted octanol–water partition coefficient (Wildman–Crippen LogP) is 3.05. The molecule has 1 saturated carbocycles. The average Bonchev–Trinajstić information content (AvgIpc) is 3.18. The fourth-order valence-corrected chi connectivity index (χ4v) is 2.50. The minimum Gasteiger partial charge on any atom is -0.481 e. The Hall–Kier alpha value is -2.02. The van der Waals surface area contributed by atoms with E-state index in [-0.39, 0.29) is 11.8 Å². The van der Waals surface area contributed by atoms with Crippen LogP contribution in [0.2, 0.25) is 0 Å². The largest absolute Gasteiger partial charge is 0.481 e. The molecule has 106 valence electrons. The molecule has 1 aromatic rings. The van der Waals surface area contributed by atoms with Crippen molar-refractivity contribution in [3.05, 3.63) is 30.3 Å². The van der Waals surface area contributed by atoms with Crippen LogP contribution < -0.4 is 4.90 Å². The third kappa shape index (κ3) is 3.99. The van der Waals surface area contributed by atoms with Gasteiger partial charge in [0.1, 0.15) is 0 Å². The van der Waals surface area contributed by atoms with E-state index >= 15 is 0 Å². The number of nitrogens with zero attached hydrogens (tertiary/aromatic N) is 2. The summed E-state index contributed by atoms with van der Waals surface area (Å²) in [6.45, 7) is 1.58. The van der Waals surface area contributed by atoms with Crippen LogP contribution >= 0.6 is 0 Å². The number of benzene rings is 1. The maximum atomic E-state index is 10.7. The van der Waals surface area contributed by atoms with Crippen molar-refractivity contribution in [3.8, 4) is 6.07 Å². The first kappa shape index (κ1) is 14.4. The molecule has 0 amide bonds. The SMILES string of the molecule is N#CCC1(CN(CCCC(=O)O)c2ccccc2)CC1. The second-order valence-corrected chi connectivity index (χ2v) is 5.59. The maximum Gasteiger partial charge on any atom is 0.303 e. The number of aliphatic carboxylic acids is 1. The summed E-state index contributed by atoms with van der Waals surface area (Å²) in [4.78, 5) is 12.9. The lowest BCUT2D eigenvalue weighted by Gasteiger charge is -2.28. The third-order valence-electron chi connectivity index (χ3n) is 3.88. The summed E-state index contributed by atoms with van der Waals surface area (Å²) >= 11 is 0. The summed E-state index contributed by atoms with van der Waals surface area (Å²) in [5.74, 6) is -0.754. The van der Waals surface area contributed by atoms with E-state index in [9.17, 15) is 4.79 Å². The molecule has 0 radical (unpaired) electrons. The van der Waals surface area contributed by atoms with Crippen LogP contribution in [0.4, 0.5) is 5.69 Å². The fourth-order valence-electron chi connectivity index (χ4n) is 2.50. The Balaban J connectivity index is 2.01. The molecular formula is C16H20N2O2. The fraction of sp³-hybridized carbons (Fsp3) is 0.500. The van der Waals surface area contributed by atoms with Gasteiger partial charge in [0.05, 0.1) is 6.07 Å². The zero-order chi connectivity index (χ0) is 14.4. The van der Waals surface area contributed by atoms with Crippen molar-refractivity contribution in [3.63, 3.8) is 0 Å². The van der Waals surface area contributed by atoms with Crippen LogP contribution in [-0.4, -0.2) is 24.2 Å². The molecule has 4 heteroatoms. The zero-order valence-electron chi connectivity index (χ0n) is 11.6. The van der Waals surface area contributed by atoms with Crippen LogP contribution in [0.3, 0.4) is 0 Å². The smallest absolute Gasteiger partial charge is 0.303 e. The molecule has 0 heterocycles. The number of para-hydroxylation sites is 1. The highest BCUT2D eigenvalue weighted by Gasteiger charge is 2.43. The molecule has 0 atom stereocenters. The van der Waals surface area contributed by atoms with Crippen molar-refractivity contribution in [2.24, 2.45) is 5.41 Å². The van der Waals surface area contributed by atoms with Gasteiger partial charge in [0.2, 0.25) is 0 Å². The van der Waals surface area contributed by atoms with Gasteiger partial charge in [-0.2, -0.15) is 5.26 Å². The number of carboxylic acids is 1. The molecule has 0 saturated heterocycles. The minimum absolute atomic E-state index is 0.133. The molecule has 1 fully saturated rings. The van der Waals surface area contributed by atoms with Crippen molar-refractivity contribution >= 4 is 11.7 Å². The predicted molar refractivity (Wildman–Crippen MR) is 77.4 cm³/mol. The quantitative estimate of drug-likeness (QED) is 0.790. The van der Waals surface area contributed by atoms with Gasteiger partial charge < -0.3 is 10.0 Å². The Kier molecular flexibility index (Phi) is 4.62. The molecule has 0 bridgehead atoms. The summed E-state index contributed by atoms with van der Waals surface area (Å²) in [5, 5.41) is 17.7. The summed E-state index contributed by atoms with van der Waals surface area (Å²) in [6.07, 6.45) is 3.61. The molecule has 2 rings (SSSR count). The molecule has 0 aliphatic heterocycles. The van der Waals surface area contributed by atoms with E-state index in [1.165, 1.54) is 0 Å². The topological polar surface area (TPSA) is 64.3 Å². The van der Waals surface area contributed by atoms with Crippen LogP contribution in [0, 0.1) is 16.7 Å². The number of carboxylic acid groups (broad SMARTS) is 1. The van der Waals surface area contributed by atoms with Gasteiger partial charge >= 0.3 is 5.97 Å². The van der Waals surface area contributed by atoms with Crippen molar-refractivity contribution in [2.75, 3.05) is 18.0 Å². The van der Waals surface area contributed by atoms with Gasteiger partial charge in [0.15, 0.2) is 0 Å². The Morgan fingerprint density at radius 1 is 1.35 bits per heavy atom. The van der Waals surface area contributed by atoms with E-state index in [2.05, 4.69) is 11.0 Å². The van der Waals surface area contributed by atoms with E-state index in [1.807, 2.05) is 30.3 Å². The van der Waals surface area contributed by atoms with E-state index in [1.54, 1.807) is 0 Å². The Bertz CT molecular complexity index is 489. The number of carbonyl (C=O) groups is 1. The molecule has 0 spiro atoms. The summed E-state index contributed by atoms with van der Waals surface area (Å²) in [6, 6.07) is 12.3. The molecule has 1 aliphatic rings. The van der Waals surface area contributed by atoms with Crippen molar-refractivity contribution in [1.82, 2.24) is 0 Å². The van der Waals surface area contributed by atoms with E-state index in [0.717, 1.165) is 31.6 Å².